The molecule has 2 aliphatic rings. The maximum Gasteiger partial charge on any atom is 0.0540 e. The summed E-state index contributed by atoms with van der Waals surface area (Å²) in [7, 11) is 0. The molecule has 0 aromatic heterocycles. The number of anilines is 6. The van der Waals surface area contributed by atoms with E-state index in [0.29, 0.717) is 0 Å². The van der Waals surface area contributed by atoms with Crippen molar-refractivity contribution in [3.63, 3.8) is 0 Å². The van der Waals surface area contributed by atoms with Gasteiger partial charge in [0.2, 0.25) is 0 Å². The predicted molar refractivity (Wildman–Crippen MR) is 271 cm³/mol. The lowest BCUT2D eigenvalue weighted by Crippen LogP contribution is -2.18. The van der Waals surface area contributed by atoms with Crippen LogP contribution >= 0.6 is 0 Å². The Morgan fingerprint density at radius 3 is 1.00 bits per heavy atom. The van der Waals surface area contributed by atoms with Gasteiger partial charge in [0.1, 0.15) is 0 Å². The summed E-state index contributed by atoms with van der Waals surface area (Å²) < 4.78 is 0. The Bertz CT molecular complexity index is 3000. The summed E-state index contributed by atoms with van der Waals surface area (Å²) in [5.41, 5.74) is 24.9. The van der Waals surface area contributed by atoms with Gasteiger partial charge in [-0.25, -0.2) is 0 Å². The van der Waals surface area contributed by atoms with Crippen molar-refractivity contribution < 1.29 is 0 Å². The number of nitrogens with zero attached hydrogens (tertiary/aromatic N) is 2. The third-order valence-electron chi connectivity index (χ3n) is 14.0. The van der Waals surface area contributed by atoms with Gasteiger partial charge in [-0.15, -0.1) is 0 Å². The highest BCUT2D eigenvalue weighted by atomic mass is 15.2. The largest absolute Gasteiger partial charge is 0.310 e. The zero-order chi connectivity index (χ0) is 43.7. The minimum atomic E-state index is -0.228. The molecule has 0 aliphatic heterocycles. The molecule has 0 spiro atoms. The SMILES string of the molecule is Cc1cc(N(c2ccccc2)c2ccccc2-c2ccccc2)cc2c1-c1cc3c(cc1C2(C)C)-c1c(C)cc(N(c2ccccc2)c2ccccc2-c2ccccc2)cc1C3(C)C. The monoisotopic (exact) mass is 824 g/mol. The van der Waals surface area contributed by atoms with Crippen LogP contribution in [-0.2, 0) is 10.8 Å². The highest BCUT2D eigenvalue weighted by Gasteiger charge is 2.43. The number of rotatable bonds is 8. The molecule has 0 atom stereocenters. The molecule has 310 valence electrons. The molecule has 0 saturated heterocycles. The molecule has 0 saturated carbocycles. The molecule has 2 heteroatoms. The van der Waals surface area contributed by atoms with Crippen LogP contribution in [-0.4, -0.2) is 0 Å². The van der Waals surface area contributed by atoms with Gasteiger partial charge in [0, 0.05) is 44.7 Å². The molecule has 64 heavy (non-hydrogen) atoms. The average molecular weight is 825 g/mol. The smallest absolute Gasteiger partial charge is 0.0540 e. The van der Waals surface area contributed by atoms with Crippen LogP contribution in [0.2, 0.25) is 0 Å². The number of hydrogen-bond donors (Lipinski definition) is 0. The van der Waals surface area contributed by atoms with E-state index >= 15 is 0 Å². The van der Waals surface area contributed by atoms with Gasteiger partial charge in [0.25, 0.3) is 0 Å². The first-order valence-corrected chi connectivity index (χ1v) is 22.6. The number of para-hydroxylation sites is 4. The van der Waals surface area contributed by atoms with Crippen molar-refractivity contribution in [3.8, 4) is 44.5 Å². The maximum absolute atomic E-state index is 2.56. The summed E-state index contributed by atoms with van der Waals surface area (Å²) >= 11 is 0. The molecule has 0 radical (unpaired) electrons. The third-order valence-corrected chi connectivity index (χ3v) is 14.0. The summed E-state index contributed by atoms with van der Waals surface area (Å²) in [6.45, 7) is 14.3. The number of aryl methyl sites for hydroxylation is 2. The first-order chi connectivity index (χ1) is 31.1. The molecule has 11 rings (SSSR count). The van der Waals surface area contributed by atoms with Crippen molar-refractivity contribution in [1.82, 2.24) is 0 Å². The second-order valence-corrected chi connectivity index (χ2v) is 18.7. The first kappa shape index (κ1) is 39.4. The fourth-order valence-electron chi connectivity index (χ4n) is 10.9. The minimum absolute atomic E-state index is 0.228. The molecule has 9 aromatic rings. The second-order valence-electron chi connectivity index (χ2n) is 18.7. The van der Waals surface area contributed by atoms with E-state index in [1.807, 2.05) is 0 Å². The van der Waals surface area contributed by atoms with E-state index in [1.54, 1.807) is 0 Å². The fourth-order valence-corrected chi connectivity index (χ4v) is 10.9. The van der Waals surface area contributed by atoms with Gasteiger partial charge in [0.15, 0.2) is 0 Å². The van der Waals surface area contributed by atoms with Crippen molar-refractivity contribution in [2.24, 2.45) is 0 Å². The molecule has 0 amide bonds. The van der Waals surface area contributed by atoms with E-state index in [4.69, 9.17) is 0 Å². The highest BCUT2D eigenvalue weighted by Crippen LogP contribution is 2.59. The molecule has 0 unspecified atom stereocenters. The Morgan fingerprint density at radius 1 is 0.297 bits per heavy atom. The summed E-state index contributed by atoms with van der Waals surface area (Å²) in [6.07, 6.45) is 0. The van der Waals surface area contributed by atoms with Crippen LogP contribution in [0.3, 0.4) is 0 Å². The van der Waals surface area contributed by atoms with Crippen LogP contribution in [0.4, 0.5) is 34.1 Å². The van der Waals surface area contributed by atoms with Crippen molar-refractivity contribution >= 4 is 34.1 Å². The van der Waals surface area contributed by atoms with Gasteiger partial charge in [-0.2, -0.15) is 0 Å². The minimum Gasteiger partial charge on any atom is -0.310 e. The van der Waals surface area contributed by atoms with Crippen LogP contribution in [0, 0.1) is 13.8 Å². The zero-order valence-corrected chi connectivity index (χ0v) is 37.5. The Hall–Kier alpha value is -7.42. The van der Waals surface area contributed by atoms with E-state index < -0.39 is 0 Å². The molecule has 2 nitrogen and oxygen atoms in total. The lowest BCUT2D eigenvalue weighted by atomic mass is 9.79. The Kier molecular flexibility index (Phi) is 9.33. The lowest BCUT2D eigenvalue weighted by Gasteiger charge is -2.30. The van der Waals surface area contributed by atoms with Crippen molar-refractivity contribution in [2.45, 2.75) is 52.4 Å². The van der Waals surface area contributed by atoms with Crippen LogP contribution in [0.5, 0.6) is 0 Å². The van der Waals surface area contributed by atoms with E-state index in [0.717, 1.165) is 22.7 Å². The Balaban J connectivity index is 1.05. The fraction of sp³-hybridized carbons (Fsp3) is 0.129. The van der Waals surface area contributed by atoms with Gasteiger partial charge in [-0.1, -0.05) is 161 Å². The molecule has 0 N–H and O–H groups in total. The Labute approximate surface area is 378 Å². The van der Waals surface area contributed by atoms with Gasteiger partial charge >= 0.3 is 0 Å². The maximum atomic E-state index is 2.56. The first-order valence-electron chi connectivity index (χ1n) is 22.6. The van der Waals surface area contributed by atoms with Gasteiger partial charge in [-0.3, -0.25) is 0 Å². The Morgan fingerprint density at radius 2 is 0.625 bits per heavy atom. The van der Waals surface area contributed by atoms with E-state index in [2.05, 4.69) is 258 Å². The zero-order valence-electron chi connectivity index (χ0n) is 37.5. The lowest BCUT2D eigenvalue weighted by molar-refractivity contribution is 0.652. The van der Waals surface area contributed by atoms with Gasteiger partial charge < -0.3 is 9.80 Å². The molecule has 2 aliphatic carbocycles. The number of fused-ring (bicyclic) bond motifs is 6. The number of benzene rings is 9. The predicted octanol–water partition coefficient (Wildman–Crippen LogP) is 17.2. The summed E-state index contributed by atoms with van der Waals surface area (Å²) in [4.78, 5) is 4.90. The molecular formula is C62H52N2. The van der Waals surface area contributed by atoms with Crippen LogP contribution < -0.4 is 9.80 Å². The third kappa shape index (κ3) is 6.23. The van der Waals surface area contributed by atoms with Crippen molar-refractivity contribution in [1.29, 1.82) is 0 Å². The topological polar surface area (TPSA) is 6.48 Å². The van der Waals surface area contributed by atoms with Crippen molar-refractivity contribution in [3.05, 3.63) is 240 Å². The second kappa shape index (κ2) is 15.1. The van der Waals surface area contributed by atoms with Crippen LogP contribution in [0.15, 0.2) is 206 Å². The molecule has 0 fully saturated rings. The van der Waals surface area contributed by atoms with E-state index in [9.17, 15) is 0 Å². The van der Waals surface area contributed by atoms with E-state index in [1.165, 1.54) is 89.3 Å². The summed E-state index contributed by atoms with van der Waals surface area (Å²) in [5, 5.41) is 0. The molecule has 0 heterocycles. The normalized spacial score (nSPS) is 13.7. The van der Waals surface area contributed by atoms with Gasteiger partial charge in [0.05, 0.1) is 11.4 Å². The van der Waals surface area contributed by atoms with Gasteiger partial charge in [-0.05, 0) is 153 Å². The number of hydrogen-bond acceptors (Lipinski definition) is 2. The summed E-state index contributed by atoms with van der Waals surface area (Å²) in [5.74, 6) is 0. The average Bonchev–Trinajstić information content (AvgIpc) is 3.69. The quantitative estimate of drug-likeness (QED) is 0.151. The van der Waals surface area contributed by atoms with Crippen molar-refractivity contribution in [2.75, 3.05) is 9.80 Å². The molecule has 9 aromatic carbocycles. The highest BCUT2D eigenvalue weighted by molar-refractivity contribution is 5.96. The van der Waals surface area contributed by atoms with Crippen LogP contribution in [0.1, 0.15) is 61.1 Å². The molecule has 0 bridgehead atoms. The van der Waals surface area contributed by atoms with Crippen LogP contribution in [0.25, 0.3) is 44.5 Å². The van der Waals surface area contributed by atoms with E-state index in [-0.39, 0.29) is 10.8 Å². The summed E-state index contributed by atoms with van der Waals surface area (Å²) in [6, 6.07) is 75.7. The molecular weight excluding hydrogens is 773 g/mol. The standard InChI is InChI=1S/C62H52N2/c1-41-35-47(63(45-27-15-9-16-28-45)57-33-21-19-31-49(57)43-23-11-7-12-24-43)37-55-59(41)51-39-54-52(40-53(51)61(55,3)4)60-42(2)36-48(38-56(60)62(54,5)6)64(46-29-17-10-18-30-46)58-34-22-20-32-50(58)44-25-13-8-14-26-44/h7-40H,1-6H3.